The standard InChI is InChI=1S/C19H22ClN5O5/c20-19-23-16(21-6-7-29-9-11-4-2-1-3-5-11)13-17(24-19)25(10-22-13)18-15(28)14(27)12(8-26)30-18/h1-5,10,12,14-15,18,26-28H,6-9H2,(H,21,23,24)/t12-,14?,15?,18-/m1/s1. The molecule has 160 valence electrons. The zero-order valence-corrected chi connectivity index (χ0v) is 16.7. The summed E-state index contributed by atoms with van der Waals surface area (Å²) in [6, 6.07) is 9.85. The van der Waals surface area contributed by atoms with Crippen LogP contribution in [0.5, 0.6) is 0 Å². The summed E-state index contributed by atoms with van der Waals surface area (Å²) in [5, 5.41) is 32.7. The van der Waals surface area contributed by atoms with E-state index >= 15 is 0 Å². The smallest absolute Gasteiger partial charge is 0.226 e. The summed E-state index contributed by atoms with van der Waals surface area (Å²) < 4.78 is 12.7. The maximum Gasteiger partial charge on any atom is 0.226 e. The Morgan fingerprint density at radius 3 is 2.70 bits per heavy atom. The van der Waals surface area contributed by atoms with E-state index in [2.05, 4.69) is 20.3 Å². The van der Waals surface area contributed by atoms with E-state index in [0.29, 0.717) is 36.7 Å². The highest BCUT2D eigenvalue weighted by Gasteiger charge is 2.44. The van der Waals surface area contributed by atoms with Crippen molar-refractivity contribution in [1.82, 2.24) is 19.5 Å². The summed E-state index contributed by atoms with van der Waals surface area (Å²) in [6.45, 7) is 0.985. The monoisotopic (exact) mass is 435 g/mol. The molecule has 0 aliphatic carbocycles. The van der Waals surface area contributed by atoms with Crippen LogP contribution in [-0.4, -0.2) is 72.9 Å². The third kappa shape index (κ3) is 4.24. The summed E-state index contributed by atoms with van der Waals surface area (Å²) in [5.41, 5.74) is 1.85. The van der Waals surface area contributed by atoms with E-state index in [4.69, 9.17) is 21.1 Å². The number of anilines is 1. The molecular weight excluding hydrogens is 414 g/mol. The van der Waals surface area contributed by atoms with Crippen LogP contribution in [0.2, 0.25) is 5.28 Å². The number of ether oxygens (including phenoxy) is 2. The summed E-state index contributed by atoms with van der Waals surface area (Å²) in [6.07, 6.45) is -2.92. The summed E-state index contributed by atoms with van der Waals surface area (Å²) in [5.74, 6) is 0.416. The zero-order valence-electron chi connectivity index (χ0n) is 15.9. The van der Waals surface area contributed by atoms with Crippen molar-refractivity contribution in [1.29, 1.82) is 0 Å². The summed E-state index contributed by atoms with van der Waals surface area (Å²) >= 11 is 6.07. The second kappa shape index (κ2) is 9.21. The molecular formula is C19H22ClN5O5. The van der Waals surface area contributed by atoms with E-state index in [-0.39, 0.29) is 5.28 Å². The van der Waals surface area contributed by atoms with Gasteiger partial charge in [-0.05, 0) is 17.2 Å². The molecule has 2 aromatic heterocycles. The number of nitrogens with zero attached hydrogens (tertiary/aromatic N) is 4. The molecule has 4 atom stereocenters. The Labute approximate surface area is 177 Å². The summed E-state index contributed by atoms with van der Waals surface area (Å²) in [4.78, 5) is 12.7. The van der Waals surface area contributed by atoms with E-state index < -0.39 is 31.1 Å². The van der Waals surface area contributed by atoms with E-state index in [9.17, 15) is 15.3 Å². The third-order valence-corrected chi connectivity index (χ3v) is 5.00. The Balaban J connectivity index is 1.45. The molecule has 1 saturated heterocycles. The fourth-order valence-corrected chi connectivity index (χ4v) is 3.48. The number of aromatic nitrogens is 4. The average Bonchev–Trinajstić information content (AvgIpc) is 3.29. The Bertz CT molecular complexity index is 988. The molecule has 0 amide bonds. The number of nitrogens with one attached hydrogen (secondary N) is 1. The molecule has 0 radical (unpaired) electrons. The minimum Gasteiger partial charge on any atom is -0.394 e. The molecule has 3 aromatic rings. The molecule has 1 fully saturated rings. The molecule has 1 aromatic carbocycles. The van der Waals surface area contributed by atoms with Gasteiger partial charge in [0.2, 0.25) is 5.28 Å². The number of hydrogen-bond donors (Lipinski definition) is 4. The number of fused-ring (bicyclic) bond motifs is 1. The van der Waals surface area contributed by atoms with Crippen LogP contribution in [0.1, 0.15) is 11.8 Å². The van der Waals surface area contributed by atoms with Gasteiger partial charge in [-0.15, -0.1) is 0 Å². The second-order valence-corrected chi connectivity index (χ2v) is 7.20. The zero-order chi connectivity index (χ0) is 21.1. The molecule has 0 spiro atoms. The lowest BCUT2D eigenvalue weighted by molar-refractivity contribution is -0.0511. The van der Waals surface area contributed by atoms with E-state index in [1.807, 2.05) is 30.3 Å². The van der Waals surface area contributed by atoms with Gasteiger partial charge in [0, 0.05) is 6.54 Å². The van der Waals surface area contributed by atoms with Gasteiger partial charge in [0.1, 0.15) is 18.3 Å². The number of rotatable bonds is 8. The predicted octanol–water partition coefficient (Wildman–Crippen LogP) is 0.720. The van der Waals surface area contributed by atoms with Crippen molar-refractivity contribution < 1.29 is 24.8 Å². The minimum atomic E-state index is -1.25. The van der Waals surface area contributed by atoms with Gasteiger partial charge in [-0.1, -0.05) is 30.3 Å². The first-order valence-electron chi connectivity index (χ1n) is 9.46. The first kappa shape index (κ1) is 20.9. The first-order valence-corrected chi connectivity index (χ1v) is 9.84. The number of benzene rings is 1. The first-order chi connectivity index (χ1) is 14.6. The van der Waals surface area contributed by atoms with Gasteiger partial charge < -0.3 is 30.1 Å². The quantitative estimate of drug-likeness (QED) is 0.298. The van der Waals surface area contributed by atoms with Gasteiger partial charge in [-0.3, -0.25) is 4.57 Å². The fourth-order valence-electron chi connectivity index (χ4n) is 3.32. The summed E-state index contributed by atoms with van der Waals surface area (Å²) in [7, 11) is 0. The normalized spacial score (nSPS) is 23.9. The van der Waals surface area contributed by atoms with Gasteiger partial charge >= 0.3 is 0 Å². The highest BCUT2D eigenvalue weighted by molar-refractivity contribution is 6.28. The maximum atomic E-state index is 10.3. The van der Waals surface area contributed by atoms with Crippen molar-refractivity contribution in [3.05, 3.63) is 47.5 Å². The lowest BCUT2D eigenvalue weighted by atomic mass is 10.1. The molecule has 1 aliphatic heterocycles. The Hall–Kier alpha value is -2.34. The van der Waals surface area contributed by atoms with Crippen LogP contribution in [0.4, 0.5) is 5.82 Å². The highest BCUT2D eigenvalue weighted by Crippen LogP contribution is 2.32. The molecule has 11 heteroatoms. The maximum absolute atomic E-state index is 10.3. The van der Waals surface area contributed by atoms with Crippen LogP contribution < -0.4 is 5.32 Å². The van der Waals surface area contributed by atoms with Crippen LogP contribution in [0.15, 0.2) is 36.7 Å². The van der Waals surface area contributed by atoms with Crippen molar-refractivity contribution in [2.75, 3.05) is 25.1 Å². The molecule has 3 heterocycles. The SMILES string of the molecule is OC[C@H]1O[C@@H](n2cnc3c(NCCOCc4ccccc4)nc(Cl)nc32)C(O)C1O. The van der Waals surface area contributed by atoms with Crippen LogP contribution in [0.3, 0.4) is 0 Å². The Morgan fingerprint density at radius 1 is 1.17 bits per heavy atom. The molecule has 4 rings (SSSR count). The molecule has 30 heavy (non-hydrogen) atoms. The van der Waals surface area contributed by atoms with E-state index in [1.165, 1.54) is 10.9 Å². The lowest BCUT2D eigenvalue weighted by Gasteiger charge is -2.16. The second-order valence-electron chi connectivity index (χ2n) is 6.86. The molecule has 0 saturated carbocycles. The molecule has 4 N–H and O–H groups in total. The minimum absolute atomic E-state index is 0.0105. The van der Waals surface area contributed by atoms with Crippen LogP contribution >= 0.6 is 11.6 Å². The molecule has 1 aliphatic rings. The molecule has 0 bridgehead atoms. The number of imidazole rings is 1. The van der Waals surface area contributed by atoms with Crippen LogP contribution in [-0.2, 0) is 16.1 Å². The van der Waals surface area contributed by atoms with Gasteiger partial charge in [-0.2, -0.15) is 9.97 Å². The van der Waals surface area contributed by atoms with Crippen molar-refractivity contribution in [2.45, 2.75) is 31.1 Å². The number of aliphatic hydroxyl groups excluding tert-OH is 3. The molecule has 2 unspecified atom stereocenters. The van der Waals surface area contributed by atoms with E-state index in [1.54, 1.807) is 0 Å². The average molecular weight is 436 g/mol. The predicted molar refractivity (Wildman–Crippen MR) is 108 cm³/mol. The van der Waals surface area contributed by atoms with Crippen molar-refractivity contribution >= 4 is 28.6 Å². The third-order valence-electron chi connectivity index (χ3n) is 4.84. The van der Waals surface area contributed by atoms with Crippen molar-refractivity contribution in [3.63, 3.8) is 0 Å². The van der Waals surface area contributed by atoms with Crippen LogP contribution in [0, 0.1) is 0 Å². The lowest BCUT2D eigenvalue weighted by Crippen LogP contribution is -2.33. The van der Waals surface area contributed by atoms with E-state index in [0.717, 1.165) is 5.56 Å². The number of aliphatic hydroxyl groups is 3. The Kier molecular flexibility index (Phi) is 6.42. The van der Waals surface area contributed by atoms with Gasteiger partial charge in [0.25, 0.3) is 0 Å². The molecule has 10 nitrogen and oxygen atoms in total. The number of halogens is 1. The Morgan fingerprint density at radius 2 is 1.97 bits per heavy atom. The number of hydrogen-bond acceptors (Lipinski definition) is 9. The topological polar surface area (TPSA) is 135 Å². The van der Waals surface area contributed by atoms with Crippen molar-refractivity contribution in [2.24, 2.45) is 0 Å². The fraction of sp³-hybridized carbons (Fsp3) is 0.421. The largest absolute Gasteiger partial charge is 0.394 e. The van der Waals surface area contributed by atoms with Gasteiger partial charge in [0.05, 0.1) is 26.1 Å². The van der Waals surface area contributed by atoms with Crippen molar-refractivity contribution in [3.8, 4) is 0 Å². The van der Waals surface area contributed by atoms with Crippen LogP contribution in [0.25, 0.3) is 11.2 Å². The van der Waals surface area contributed by atoms with Gasteiger partial charge in [0.15, 0.2) is 23.2 Å². The highest BCUT2D eigenvalue weighted by atomic mass is 35.5. The van der Waals surface area contributed by atoms with Gasteiger partial charge in [-0.25, -0.2) is 4.98 Å².